The molecule has 0 atom stereocenters. The summed E-state index contributed by atoms with van der Waals surface area (Å²) in [7, 11) is 0. The Bertz CT molecular complexity index is 145. The average Bonchev–Trinajstić information content (AvgIpc) is 2.07. The summed E-state index contributed by atoms with van der Waals surface area (Å²) in [6.45, 7) is 7.64. The molecular formula is C10H16S2. The van der Waals surface area contributed by atoms with E-state index in [0.29, 0.717) is 4.08 Å². The number of hydrogen-bond donors (Lipinski definition) is 0. The molecular weight excluding hydrogens is 184 g/mol. The highest BCUT2D eigenvalue weighted by molar-refractivity contribution is 8.18. The van der Waals surface area contributed by atoms with Crippen LogP contribution < -0.4 is 0 Å². The van der Waals surface area contributed by atoms with Gasteiger partial charge in [0.05, 0.1) is 4.08 Å². The molecule has 1 aliphatic heterocycles. The van der Waals surface area contributed by atoms with Crippen LogP contribution in [0.3, 0.4) is 0 Å². The van der Waals surface area contributed by atoms with Crippen LogP contribution in [-0.4, -0.2) is 15.6 Å². The predicted octanol–water partition coefficient (Wildman–Crippen LogP) is 3.71. The second-order valence-electron chi connectivity index (χ2n) is 2.95. The van der Waals surface area contributed by atoms with Crippen molar-refractivity contribution in [2.75, 3.05) is 11.5 Å². The lowest BCUT2D eigenvalue weighted by Crippen LogP contribution is -2.23. The quantitative estimate of drug-likeness (QED) is 0.635. The van der Waals surface area contributed by atoms with Crippen molar-refractivity contribution in [3.63, 3.8) is 0 Å². The molecule has 0 aromatic heterocycles. The molecule has 1 saturated heterocycles. The van der Waals surface area contributed by atoms with Crippen LogP contribution in [0.15, 0.2) is 25.3 Å². The van der Waals surface area contributed by atoms with E-state index in [9.17, 15) is 0 Å². The van der Waals surface area contributed by atoms with Gasteiger partial charge < -0.3 is 0 Å². The summed E-state index contributed by atoms with van der Waals surface area (Å²) in [4.78, 5) is 0. The third kappa shape index (κ3) is 2.60. The lowest BCUT2D eigenvalue weighted by Gasteiger charge is -2.34. The van der Waals surface area contributed by atoms with Gasteiger partial charge in [0.25, 0.3) is 0 Å². The molecule has 0 unspecified atom stereocenters. The molecule has 12 heavy (non-hydrogen) atoms. The molecule has 0 N–H and O–H groups in total. The maximum Gasteiger partial charge on any atom is 0.0679 e. The van der Waals surface area contributed by atoms with Crippen LogP contribution in [0.25, 0.3) is 0 Å². The normalized spacial score (nSPS) is 21.7. The van der Waals surface area contributed by atoms with E-state index in [4.69, 9.17) is 0 Å². The van der Waals surface area contributed by atoms with Crippen molar-refractivity contribution in [2.24, 2.45) is 0 Å². The van der Waals surface area contributed by atoms with Crippen LogP contribution in [0, 0.1) is 0 Å². The van der Waals surface area contributed by atoms with Gasteiger partial charge >= 0.3 is 0 Å². The van der Waals surface area contributed by atoms with E-state index >= 15 is 0 Å². The van der Waals surface area contributed by atoms with Crippen LogP contribution in [0.2, 0.25) is 0 Å². The van der Waals surface area contributed by atoms with E-state index in [0.717, 1.165) is 12.8 Å². The van der Waals surface area contributed by atoms with E-state index < -0.39 is 0 Å². The maximum atomic E-state index is 3.82. The third-order valence-corrected chi connectivity index (χ3v) is 5.34. The minimum atomic E-state index is 0.377. The Morgan fingerprint density at radius 3 is 2.00 bits per heavy atom. The van der Waals surface area contributed by atoms with Gasteiger partial charge in [-0.05, 0) is 30.8 Å². The summed E-state index contributed by atoms with van der Waals surface area (Å²) >= 11 is 4.16. The van der Waals surface area contributed by atoms with Crippen molar-refractivity contribution in [2.45, 2.75) is 23.3 Å². The Morgan fingerprint density at radius 1 is 1.08 bits per heavy atom. The van der Waals surface area contributed by atoms with Gasteiger partial charge in [-0.25, -0.2) is 0 Å². The largest absolute Gasteiger partial charge is 0.144 e. The highest BCUT2D eigenvalue weighted by atomic mass is 32.2. The Hall–Kier alpha value is 0.180. The van der Waals surface area contributed by atoms with Crippen molar-refractivity contribution in [1.82, 2.24) is 0 Å². The summed E-state index contributed by atoms with van der Waals surface area (Å²) in [6.07, 6.45) is 7.64. The molecule has 0 radical (unpaired) electrons. The lowest BCUT2D eigenvalue weighted by molar-refractivity contribution is 0.815. The Kier molecular flexibility index (Phi) is 4.30. The van der Waals surface area contributed by atoms with Gasteiger partial charge in [0, 0.05) is 0 Å². The van der Waals surface area contributed by atoms with Crippen molar-refractivity contribution < 1.29 is 0 Å². The van der Waals surface area contributed by atoms with Crippen molar-refractivity contribution >= 4 is 23.5 Å². The highest BCUT2D eigenvalue weighted by Crippen LogP contribution is 2.47. The zero-order valence-corrected chi connectivity index (χ0v) is 9.05. The third-order valence-electron chi connectivity index (χ3n) is 1.93. The SMILES string of the molecule is C=CCC1(CC=C)SCCCS1. The molecule has 0 spiro atoms. The second-order valence-corrected chi connectivity index (χ2v) is 6.16. The Balaban J connectivity index is 2.55. The first kappa shape index (κ1) is 10.3. The number of hydrogen-bond acceptors (Lipinski definition) is 2. The molecule has 68 valence electrons. The van der Waals surface area contributed by atoms with E-state index in [2.05, 4.69) is 36.7 Å². The molecule has 0 bridgehead atoms. The maximum absolute atomic E-state index is 3.82. The molecule has 1 rings (SSSR count). The van der Waals surface area contributed by atoms with Gasteiger partial charge in [0.15, 0.2) is 0 Å². The fraction of sp³-hybridized carbons (Fsp3) is 0.600. The lowest BCUT2D eigenvalue weighted by atomic mass is 10.2. The number of rotatable bonds is 4. The molecule has 0 nitrogen and oxygen atoms in total. The first-order valence-corrected chi connectivity index (χ1v) is 6.30. The number of thioether (sulfide) groups is 2. The van der Waals surface area contributed by atoms with Crippen molar-refractivity contribution in [3.05, 3.63) is 25.3 Å². The Labute approximate surface area is 83.9 Å². The molecule has 0 aliphatic carbocycles. The zero-order chi connectivity index (χ0) is 8.86. The summed E-state index contributed by atoms with van der Waals surface area (Å²) < 4.78 is 0.377. The molecule has 0 saturated carbocycles. The van der Waals surface area contributed by atoms with E-state index in [-0.39, 0.29) is 0 Å². The molecule has 2 heteroatoms. The fourth-order valence-corrected chi connectivity index (χ4v) is 4.66. The molecule has 0 aromatic rings. The first-order valence-electron chi connectivity index (χ1n) is 4.33. The average molecular weight is 200 g/mol. The number of allylic oxidation sites excluding steroid dienone is 2. The van der Waals surface area contributed by atoms with Crippen LogP contribution in [0.5, 0.6) is 0 Å². The van der Waals surface area contributed by atoms with Crippen LogP contribution in [0.1, 0.15) is 19.3 Å². The van der Waals surface area contributed by atoms with E-state index in [1.807, 2.05) is 12.2 Å². The highest BCUT2D eigenvalue weighted by Gasteiger charge is 2.30. The van der Waals surface area contributed by atoms with Gasteiger partial charge in [-0.3, -0.25) is 0 Å². The summed E-state index contributed by atoms with van der Waals surface area (Å²) in [5.41, 5.74) is 0. The van der Waals surface area contributed by atoms with Gasteiger partial charge in [-0.2, -0.15) is 0 Å². The molecule has 0 aromatic carbocycles. The molecule has 1 aliphatic rings. The second kappa shape index (κ2) is 5.03. The van der Waals surface area contributed by atoms with Gasteiger partial charge in [-0.1, -0.05) is 12.2 Å². The van der Waals surface area contributed by atoms with E-state index in [1.165, 1.54) is 17.9 Å². The summed E-state index contributed by atoms with van der Waals surface area (Å²) in [5.74, 6) is 2.60. The molecule has 1 heterocycles. The summed E-state index contributed by atoms with van der Waals surface area (Å²) in [6, 6.07) is 0. The minimum Gasteiger partial charge on any atom is -0.144 e. The van der Waals surface area contributed by atoms with Crippen LogP contribution in [0.4, 0.5) is 0 Å². The molecule has 1 fully saturated rings. The zero-order valence-electron chi connectivity index (χ0n) is 7.42. The fourth-order valence-electron chi connectivity index (χ4n) is 1.38. The van der Waals surface area contributed by atoms with Crippen molar-refractivity contribution in [1.29, 1.82) is 0 Å². The smallest absolute Gasteiger partial charge is 0.0679 e. The topological polar surface area (TPSA) is 0 Å². The van der Waals surface area contributed by atoms with E-state index in [1.54, 1.807) is 0 Å². The van der Waals surface area contributed by atoms with Crippen molar-refractivity contribution in [3.8, 4) is 0 Å². The standard InChI is InChI=1S/C10H16S2/c1-3-6-10(7-4-2)11-8-5-9-12-10/h3-4H,1-2,5-9H2. The van der Waals surface area contributed by atoms with Gasteiger partial charge in [-0.15, -0.1) is 36.7 Å². The molecule has 0 amide bonds. The van der Waals surface area contributed by atoms with Gasteiger partial charge in [0.2, 0.25) is 0 Å². The minimum absolute atomic E-state index is 0.377. The van der Waals surface area contributed by atoms with Crippen LogP contribution >= 0.6 is 23.5 Å². The monoisotopic (exact) mass is 200 g/mol. The predicted molar refractivity (Wildman–Crippen MR) is 61.9 cm³/mol. The van der Waals surface area contributed by atoms with Crippen LogP contribution in [-0.2, 0) is 0 Å². The first-order chi connectivity index (χ1) is 5.83. The summed E-state index contributed by atoms with van der Waals surface area (Å²) in [5, 5.41) is 0. The van der Waals surface area contributed by atoms with Gasteiger partial charge in [0.1, 0.15) is 0 Å². The Morgan fingerprint density at radius 2 is 1.58 bits per heavy atom.